The third-order valence-corrected chi connectivity index (χ3v) is 5.38. The van der Waals surface area contributed by atoms with Gasteiger partial charge in [-0.2, -0.15) is 13.2 Å². The molecule has 0 radical (unpaired) electrons. The number of hydrogen-bond acceptors (Lipinski definition) is 4. The molecule has 1 heterocycles. The van der Waals surface area contributed by atoms with Crippen LogP contribution in [0.15, 0.2) is 57.9 Å². The van der Waals surface area contributed by atoms with Crippen molar-refractivity contribution in [2.75, 3.05) is 4.72 Å². The molecule has 2 aromatic carbocycles. The largest absolute Gasteiger partial charge is 0.452 e. The maximum absolute atomic E-state index is 13.0. The van der Waals surface area contributed by atoms with Crippen molar-refractivity contribution < 1.29 is 30.5 Å². The first-order chi connectivity index (χ1) is 13.1. The monoisotopic (exact) mass is 414 g/mol. The molecule has 0 saturated carbocycles. The van der Waals surface area contributed by atoms with E-state index < -0.39 is 27.8 Å². The third kappa shape index (κ3) is 4.16. The van der Waals surface area contributed by atoms with Crippen molar-refractivity contribution in [2.24, 2.45) is 0 Å². The van der Waals surface area contributed by atoms with Crippen LogP contribution in [-0.2, 0) is 22.6 Å². The summed E-state index contributed by atoms with van der Waals surface area (Å²) in [5.41, 5.74) is 0.608. The Morgan fingerprint density at radius 1 is 1.07 bits per heavy atom. The van der Waals surface area contributed by atoms with Crippen molar-refractivity contribution in [2.45, 2.75) is 24.4 Å². The molecule has 0 spiro atoms. The van der Waals surface area contributed by atoms with Gasteiger partial charge in [-0.05, 0) is 42.3 Å². The van der Waals surface area contributed by atoms with Crippen molar-refractivity contribution in [3.8, 4) is 11.3 Å². The van der Waals surface area contributed by atoms with Crippen LogP contribution < -0.4 is 4.72 Å². The maximum atomic E-state index is 13.0. The maximum Gasteiger partial charge on any atom is 0.452 e. The van der Waals surface area contributed by atoms with Gasteiger partial charge < -0.3 is 4.52 Å². The number of benzene rings is 2. The summed E-state index contributed by atoms with van der Waals surface area (Å²) >= 11 is 0. The molecular formula is C18H14F4N2O3S. The first-order valence-electron chi connectivity index (χ1n) is 8.06. The van der Waals surface area contributed by atoms with Gasteiger partial charge in [0.1, 0.15) is 11.5 Å². The Hall–Kier alpha value is -2.88. The molecule has 0 unspecified atom stereocenters. The Labute approximate surface area is 158 Å². The minimum absolute atomic E-state index is 0.117. The normalized spacial score (nSPS) is 12.2. The number of hydrogen-bond donors (Lipinski definition) is 1. The summed E-state index contributed by atoms with van der Waals surface area (Å²) in [6.07, 6.45) is -4.33. The Morgan fingerprint density at radius 3 is 2.32 bits per heavy atom. The van der Waals surface area contributed by atoms with Crippen LogP contribution in [0, 0.1) is 5.82 Å². The Bertz CT molecular complexity index is 1090. The van der Waals surface area contributed by atoms with E-state index in [2.05, 4.69) is 14.4 Å². The van der Waals surface area contributed by atoms with Crippen LogP contribution in [0.25, 0.3) is 11.3 Å². The van der Waals surface area contributed by atoms with Gasteiger partial charge in [0.25, 0.3) is 10.0 Å². The lowest BCUT2D eigenvalue weighted by atomic mass is 10.1. The second-order valence-corrected chi connectivity index (χ2v) is 7.51. The summed E-state index contributed by atoms with van der Waals surface area (Å²) in [6.45, 7) is 1.74. The number of nitrogens with one attached hydrogen (secondary N) is 1. The average Bonchev–Trinajstić information content (AvgIpc) is 3.13. The highest BCUT2D eigenvalue weighted by Crippen LogP contribution is 2.33. The topological polar surface area (TPSA) is 72.2 Å². The average molecular weight is 414 g/mol. The highest BCUT2D eigenvalue weighted by atomic mass is 32.2. The van der Waals surface area contributed by atoms with E-state index in [1.54, 1.807) is 6.92 Å². The quantitative estimate of drug-likeness (QED) is 0.605. The fraction of sp³-hybridized carbons (Fsp3) is 0.167. The first kappa shape index (κ1) is 19.9. The van der Waals surface area contributed by atoms with Crippen LogP contribution in [0.3, 0.4) is 0 Å². The van der Waals surface area contributed by atoms with E-state index in [0.717, 1.165) is 12.1 Å². The van der Waals surface area contributed by atoms with Crippen molar-refractivity contribution in [1.29, 1.82) is 0 Å². The number of alkyl halides is 3. The van der Waals surface area contributed by atoms with E-state index in [-0.39, 0.29) is 21.8 Å². The van der Waals surface area contributed by atoms with Crippen molar-refractivity contribution >= 4 is 15.7 Å². The highest BCUT2D eigenvalue weighted by Gasteiger charge is 2.36. The summed E-state index contributed by atoms with van der Waals surface area (Å²) in [6, 6.07) is 9.61. The number of halogens is 4. The van der Waals surface area contributed by atoms with Gasteiger partial charge in [-0.1, -0.05) is 24.2 Å². The van der Waals surface area contributed by atoms with E-state index in [4.69, 9.17) is 0 Å². The molecule has 3 aromatic rings. The molecule has 0 aliphatic heterocycles. The van der Waals surface area contributed by atoms with Gasteiger partial charge >= 0.3 is 6.18 Å². The fourth-order valence-electron chi connectivity index (χ4n) is 2.53. The minimum Gasteiger partial charge on any atom is -0.351 e. The van der Waals surface area contributed by atoms with Gasteiger partial charge in [-0.3, -0.25) is 4.72 Å². The third-order valence-electron chi connectivity index (χ3n) is 3.92. The zero-order valence-electron chi connectivity index (χ0n) is 14.4. The van der Waals surface area contributed by atoms with Crippen molar-refractivity contribution in [1.82, 2.24) is 5.16 Å². The number of rotatable bonds is 5. The molecule has 3 rings (SSSR count). The molecule has 28 heavy (non-hydrogen) atoms. The number of sulfonamides is 1. The summed E-state index contributed by atoms with van der Waals surface area (Å²) in [4.78, 5) is -0.117. The zero-order chi connectivity index (χ0) is 20.5. The lowest BCUT2D eigenvalue weighted by Crippen LogP contribution is -2.15. The standard InChI is InChI=1S/C18H14F4N2O3S/c1-2-11-3-4-12(15-10-17(27-23-15)18(20,21)22)9-16(11)28(25,26)24-14-7-5-13(19)6-8-14/h3-10,24H,2H2,1H3. The number of aryl methyl sites for hydroxylation is 1. The lowest BCUT2D eigenvalue weighted by Gasteiger charge is -2.12. The predicted molar refractivity (Wildman–Crippen MR) is 93.5 cm³/mol. The molecule has 0 aliphatic carbocycles. The molecule has 5 nitrogen and oxygen atoms in total. The van der Waals surface area contributed by atoms with Crippen LogP contribution in [0.1, 0.15) is 18.2 Å². The Morgan fingerprint density at radius 2 is 1.75 bits per heavy atom. The smallest absolute Gasteiger partial charge is 0.351 e. The van der Waals surface area contributed by atoms with Gasteiger partial charge in [0, 0.05) is 17.3 Å². The van der Waals surface area contributed by atoms with Gasteiger partial charge in [0.15, 0.2) is 0 Å². The van der Waals surface area contributed by atoms with E-state index >= 15 is 0 Å². The van der Waals surface area contributed by atoms with Crippen LogP contribution in [-0.4, -0.2) is 13.6 Å². The van der Waals surface area contributed by atoms with E-state index in [1.165, 1.54) is 30.3 Å². The lowest BCUT2D eigenvalue weighted by molar-refractivity contribution is -0.155. The van der Waals surface area contributed by atoms with Gasteiger partial charge in [0.2, 0.25) is 5.76 Å². The number of nitrogens with zero attached hydrogens (tertiary/aromatic N) is 1. The second kappa shape index (κ2) is 7.27. The highest BCUT2D eigenvalue weighted by molar-refractivity contribution is 7.92. The second-order valence-electron chi connectivity index (χ2n) is 5.86. The predicted octanol–water partition coefficient (Wildman–Crippen LogP) is 4.86. The van der Waals surface area contributed by atoms with Crippen molar-refractivity contribution in [3.05, 3.63) is 65.7 Å². The molecule has 0 bridgehead atoms. The van der Waals surface area contributed by atoms with E-state index in [9.17, 15) is 26.0 Å². The summed E-state index contributed by atoms with van der Waals surface area (Å²) in [5, 5.41) is 3.37. The summed E-state index contributed by atoms with van der Waals surface area (Å²) in [5.74, 6) is -1.80. The zero-order valence-corrected chi connectivity index (χ0v) is 15.2. The molecule has 0 aliphatic rings. The van der Waals surface area contributed by atoms with Crippen LogP contribution in [0.2, 0.25) is 0 Å². The van der Waals surface area contributed by atoms with E-state index in [0.29, 0.717) is 18.1 Å². The van der Waals surface area contributed by atoms with Crippen LogP contribution in [0.4, 0.5) is 23.2 Å². The van der Waals surface area contributed by atoms with E-state index in [1.807, 2.05) is 0 Å². The molecule has 10 heteroatoms. The first-order valence-corrected chi connectivity index (χ1v) is 9.54. The van der Waals surface area contributed by atoms with Gasteiger partial charge in [-0.25, -0.2) is 12.8 Å². The van der Waals surface area contributed by atoms with Crippen molar-refractivity contribution in [3.63, 3.8) is 0 Å². The van der Waals surface area contributed by atoms with Gasteiger partial charge in [-0.15, -0.1) is 0 Å². The SMILES string of the molecule is CCc1ccc(-c2cc(C(F)(F)F)on2)cc1S(=O)(=O)Nc1ccc(F)cc1. The Kier molecular flexibility index (Phi) is 5.16. The van der Waals surface area contributed by atoms with Crippen LogP contribution in [0.5, 0.6) is 0 Å². The molecule has 148 valence electrons. The number of aromatic nitrogens is 1. The molecule has 0 amide bonds. The van der Waals surface area contributed by atoms with Gasteiger partial charge in [0.05, 0.1) is 4.90 Å². The summed E-state index contributed by atoms with van der Waals surface area (Å²) in [7, 11) is -4.07. The number of anilines is 1. The molecule has 0 atom stereocenters. The minimum atomic E-state index is -4.70. The molecule has 0 fully saturated rings. The summed E-state index contributed by atoms with van der Waals surface area (Å²) < 4.78 is 83.3. The molecular weight excluding hydrogens is 400 g/mol. The molecule has 0 saturated heterocycles. The Balaban J connectivity index is 2.01. The fourth-order valence-corrected chi connectivity index (χ4v) is 3.93. The molecule has 1 aromatic heterocycles. The van der Waals surface area contributed by atoms with Crippen LogP contribution >= 0.6 is 0 Å². The molecule has 1 N–H and O–H groups in total.